The summed E-state index contributed by atoms with van der Waals surface area (Å²) in [6, 6.07) is 13.9. The lowest BCUT2D eigenvalue weighted by atomic mass is 9.74. The van der Waals surface area contributed by atoms with Gasteiger partial charge in [0.25, 0.3) is 0 Å². The third-order valence-electron chi connectivity index (χ3n) is 7.18. The van der Waals surface area contributed by atoms with E-state index in [0.717, 1.165) is 11.1 Å². The highest BCUT2D eigenvalue weighted by Gasteiger charge is 2.49. The Balaban J connectivity index is 1.43. The minimum atomic E-state index is -4.56. The normalized spacial score (nSPS) is 16.5. The lowest BCUT2D eigenvalue weighted by Gasteiger charge is -2.34. The molecule has 4 rings (SSSR count). The number of ether oxygens (including phenoxy) is 1. The van der Waals surface area contributed by atoms with E-state index in [4.69, 9.17) is 4.74 Å². The van der Waals surface area contributed by atoms with Gasteiger partial charge in [-0.2, -0.15) is 13.2 Å². The first kappa shape index (κ1) is 29.2. The van der Waals surface area contributed by atoms with Crippen LogP contribution in [0, 0.1) is 0 Å². The molecule has 0 aromatic heterocycles. The molecule has 0 saturated carbocycles. The van der Waals surface area contributed by atoms with Crippen molar-refractivity contribution in [2.45, 2.75) is 63.3 Å². The number of carbonyl (C=O) groups excluding carboxylic acids is 3. The number of hydrogen-bond acceptors (Lipinski definition) is 4. The van der Waals surface area contributed by atoms with Gasteiger partial charge in [0.15, 0.2) is 0 Å². The number of benzene rings is 2. The quantitative estimate of drug-likeness (QED) is 0.476. The van der Waals surface area contributed by atoms with Gasteiger partial charge in [0.1, 0.15) is 17.6 Å². The van der Waals surface area contributed by atoms with E-state index in [0.29, 0.717) is 37.1 Å². The first-order valence-electron chi connectivity index (χ1n) is 13.4. The molecule has 1 heterocycles. The molecule has 3 N–H and O–H groups in total. The van der Waals surface area contributed by atoms with Crippen LogP contribution >= 0.6 is 0 Å². The van der Waals surface area contributed by atoms with E-state index in [1.54, 1.807) is 49.9 Å². The Labute approximate surface area is 231 Å². The Kier molecular flexibility index (Phi) is 8.32. The Morgan fingerprint density at radius 3 is 2.00 bits per heavy atom. The molecule has 2 aliphatic rings. The van der Waals surface area contributed by atoms with E-state index in [1.165, 1.54) is 0 Å². The summed E-state index contributed by atoms with van der Waals surface area (Å²) < 4.78 is 44.4. The summed E-state index contributed by atoms with van der Waals surface area (Å²) in [5.74, 6) is -0.759. The molecule has 40 heavy (non-hydrogen) atoms. The summed E-state index contributed by atoms with van der Waals surface area (Å²) in [4.78, 5) is 40.2. The van der Waals surface area contributed by atoms with Gasteiger partial charge in [0.2, 0.25) is 5.91 Å². The van der Waals surface area contributed by atoms with Gasteiger partial charge in [0.05, 0.1) is 0 Å². The van der Waals surface area contributed by atoms with Crippen LogP contribution in [0.5, 0.6) is 0 Å². The standard InChI is InChI=1S/C29H35F3N4O4/c1-27(2,3)40-26(39)35-19-12-16-36(17-13-19)25(38)33-15-14-28(24(37)34-18-29(30,31)32)22-10-6-4-8-20(22)21-9-5-7-11-23(21)28/h4-11,19H,12-18H2,1-3H3,(H,33,38)(H,34,37)(H,35,39). The molecule has 0 bridgehead atoms. The maximum absolute atomic E-state index is 13.5. The highest BCUT2D eigenvalue weighted by atomic mass is 19.4. The van der Waals surface area contributed by atoms with Crippen LogP contribution in [0.15, 0.2) is 48.5 Å². The van der Waals surface area contributed by atoms with Gasteiger partial charge in [-0.1, -0.05) is 48.5 Å². The summed E-state index contributed by atoms with van der Waals surface area (Å²) in [5, 5.41) is 7.77. The third kappa shape index (κ3) is 6.51. The van der Waals surface area contributed by atoms with Gasteiger partial charge >= 0.3 is 18.3 Å². The number of urea groups is 1. The van der Waals surface area contributed by atoms with Crippen LogP contribution in [-0.2, 0) is 14.9 Å². The zero-order chi connectivity index (χ0) is 29.1. The van der Waals surface area contributed by atoms with Crippen LogP contribution in [0.3, 0.4) is 0 Å². The second-order valence-electron chi connectivity index (χ2n) is 11.2. The van der Waals surface area contributed by atoms with Gasteiger partial charge in [0, 0.05) is 25.7 Å². The van der Waals surface area contributed by atoms with Gasteiger partial charge in [-0.15, -0.1) is 0 Å². The summed E-state index contributed by atoms with van der Waals surface area (Å²) in [7, 11) is 0. The fraction of sp³-hybridized carbons (Fsp3) is 0.483. The molecule has 2 aromatic rings. The van der Waals surface area contributed by atoms with E-state index in [-0.39, 0.29) is 25.0 Å². The van der Waals surface area contributed by atoms with Gasteiger partial charge in [-0.3, -0.25) is 4.79 Å². The lowest BCUT2D eigenvalue weighted by Crippen LogP contribution is -2.51. The fourth-order valence-corrected chi connectivity index (χ4v) is 5.45. The summed E-state index contributed by atoms with van der Waals surface area (Å²) in [5.41, 5.74) is 0.790. The van der Waals surface area contributed by atoms with Gasteiger partial charge in [-0.25, -0.2) is 9.59 Å². The largest absolute Gasteiger partial charge is 0.444 e. The number of likely N-dealkylation sites (tertiary alicyclic amines) is 1. The number of halogens is 3. The minimum absolute atomic E-state index is 0.0665. The zero-order valence-electron chi connectivity index (χ0n) is 22.9. The monoisotopic (exact) mass is 560 g/mol. The maximum atomic E-state index is 13.5. The Hall–Kier alpha value is -3.76. The van der Waals surface area contributed by atoms with E-state index in [9.17, 15) is 27.6 Å². The topological polar surface area (TPSA) is 99.8 Å². The van der Waals surface area contributed by atoms with E-state index >= 15 is 0 Å². The van der Waals surface area contributed by atoms with Crippen LogP contribution < -0.4 is 16.0 Å². The first-order valence-corrected chi connectivity index (χ1v) is 13.4. The third-order valence-corrected chi connectivity index (χ3v) is 7.18. The van der Waals surface area contributed by atoms with Crippen LogP contribution in [0.25, 0.3) is 11.1 Å². The van der Waals surface area contributed by atoms with Gasteiger partial charge in [-0.05, 0) is 62.3 Å². The van der Waals surface area contributed by atoms with Crippen molar-refractivity contribution in [3.05, 3.63) is 59.7 Å². The number of alkyl halides is 3. The molecule has 0 atom stereocenters. The lowest BCUT2D eigenvalue weighted by molar-refractivity contribution is -0.141. The SMILES string of the molecule is CC(C)(C)OC(=O)NC1CCN(C(=O)NCCC2(C(=O)NCC(F)(F)F)c3ccccc3-c3ccccc32)CC1. The predicted octanol–water partition coefficient (Wildman–Crippen LogP) is 4.72. The van der Waals surface area contributed by atoms with Crippen molar-refractivity contribution in [3.63, 3.8) is 0 Å². The number of nitrogens with one attached hydrogen (secondary N) is 3. The van der Waals surface area contributed by atoms with Gasteiger partial charge < -0.3 is 25.6 Å². The van der Waals surface area contributed by atoms with E-state index < -0.39 is 35.7 Å². The average molecular weight is 561 g/mol. The second kappa shape index (κ2) is 11.4. The van der Waals surface area contributed by atoms with Crippen molar-refractivity contribution >= 4 is 18.0 Å². The molecule has 0 spiro atoms. The van der Waals surface area contributed by atoms with Crippen molar-refractivity contribution < 1.29 is 32.3 Å². The van der Waals surface area contributed by atoms with Crippen LogP contribution in [0.1, 0.15) is 51.2 Å². The van der Waals surface area contributed by atoms with Crippen LogP contribution in [0.4, 0.5) is 22.8 Å². The van der Waals surface area contributed by atoms with Crippen molar-refractivity contribution in [1.29, 1.82) is 0 Å². The number of carbonyl (C=O) groups is 3. The smallest absolute Gasteiger partial charge is 0.407 e. The van der Waals surface area contributed by atoms with E-state index in [1.807, 2.05) is 24.3 Å². The highest BCUT2D eigenvalue weighted by Crippen LogP contribution is 2.50. The predicted molar refractivity (Wildman–Crippen MR) is 144 cm³/mol. The summed E-state index contributed by atoms with van der Waals surface area (Å²) in [6.45, 7) is 4.79. The highest BCUT2D eigenvalue weighted by molar-refractivity contribution is 6.00. The van der Waals surface area contributed by atoms with Crippen molar-refractivity contribution in [3.8, 4) is 11.1 Å². The number of fused-ring (bicyclic) bond motifs is 3. The first-order chi connectivity index (χ1) is 18.8. The molecule has 1 aliphatic heterocycles. The molecule has 2 aromatic carbocycles. The van der Waals surface area contributed by atoms with Crippen molar-refractivity contribution in [2.24, 2.45) is 0 Å². The van der Waals surface area contributed by atoms with Crippen LogP contribution in [0.2, 0.25) is 0 Å². The van der Waals surface area contributed by atoms with E-state index in [2.05, 4.69) is 16.0 Å². The Morgan fingerprint density at radius 1 is 0.925 bits per heavy atom. The molecular formula is C29H35F3N4O4. The molecule has 1 saturated heterocycles. The molecule has 1 fully saturated rings. The number of nitrogens with zero attached hydrogens (tertiary/aromatic N) is 1. The van der Waals surface area contributed by atoms with Crippen molar-refractivity contribution in [1.82, 2.24) is 20.9 Å². The Morgan fingerprint density at radius 2 is 1.48 bits per heavy atom. The molecule has 4 amide bonds. The minimum Gasteiger partial charge on any atom is -0.444 e. The average Bonchev–Trinajstić information content (AvgIpc) is 3.17. The number of amides is 4. The molecular weight excluding hydrogens is 525 g/mol. The fourth-order valence-electron chi connectivity index (χ4n) is 5.45. The van der Waals surface area contributed by atoms with Crippen molar-refractivity contribution in [2.75, 3.05) is 26.2 Å². The molecule has 216 valence electrons. The number of piperidine rings is 1. The molecule has 1 aliphatic carbocycles. The molecule has 8 nitrogen and oxygen atoms in total. The number of alkyl carbamates (subject to hydrolysis) is 1. The molecule has 11 heteroatoms. The molecule has 0 unspecified atom stereocenters. The second-order valence-corrected chi connectivity index (χ2v) is 11.2. The Bertz CT molecular complexity index is 1200. The maximum Gasteiger partial charge on any atom is 0.407 e. The zero-order valence-corrected chi connectivity index (χ0v) is 22.9. The summed E-state index contributed by atoms with van der Waals surface area (Å²) in [6.07, 6.45) is -3.88. The molecule has 0 radical (unpaired) electrons. The summed E-state index contributed by atoms with van der Waals surface area (Å²) >= 11 is 0. The van der Waals surface area contributed by atoms with Crippen LogP contribution in [-0.4, -0.2) is 66.9 Å². The number of hydrogen-bond donors (Lipinski definition) is 3. The number of rotatable bonds is 6.